The van der Waals surface area contributed by atoms with Gasteiger partial charge in [-0.05, 0) is 32.3 Å². The van der Waals surface area contributed by atoms with Gasteiger partial charge in [-0.25, -0.2) is 4.79 Å². The lowest BCUT2D eigenvalue weighted by Crippen LogP contribution is -2.49. The molecular formula is C18H25NO5. The lowest BCUT2D eigenvalue weighted by atomic mass is 9.98. The maximum absolute atomic E-state index is 11.9. The summed E-state index contributed by atoms with van der Waals surface area (Å²) in [5, 5.41) is 2.80. The third-order valence-corrected chi connectivity index (χ3v) is 4.08. The Morgan fingerprint density at radius 3 is 2.62 bits per heavy atom. The number of carbonyl (C=O) groups excluding carboxylic acids is 2. The molecule has 1 aromatic rings. The summed E-state index contributed by atoms with van der Waals surface area (Å²) in [6.07, 6.45) is 0.410. The first-order valence-electron chi connectivity index (χ1n) is 8.25. The number of carbonyl (C=O) groups is 2. The van der Waals surface area contributed by atoms with Crippen LogP contribution in [0, 0.1) is 0 Å². The van der Waals surface area contributed by atoms with E-state index in [1.165, 1.54) is 6.92 Å². The monoisotopic (exact) mass is 335 g/mol. The highest BCUT2D eigenvalue weighted by Crippen LogP contribution is 2.24. The number of benzene rings is 1. The normalized spacial score (nSPS) is 24.7. The SMILES string of the molecule is CC(=O)OC1CC[C@@H]([C@@H](C)NC(=O)OCc2ccccc2)OC1C. The van der Waals surface area contributed by atoms with Crippen LogP contribution in [0.5, 0.6) is 0 Å². The number of amides is 1. The van der Waals surface area contributed by atoms with E-state index < -0.39 is 6.09 Å². The largest absolute Gasteiger partial charge is 0.460 e. The van der Waals surface area contributed by atoms with Gasteiger partial charge in [0.2, 0.25) is 0 Å². The van der Waals surface area contributed by atoms with Crippen molar-refractivity contribution in [2.75, 3.05) is 0 Å². The molecule has 1 amide bonds. The molecule has 1 fully saturated rings. The molecule has 4 atom stereocenters. The zero-order chi connectivity index (χ0) is 17.5. The van der Waals surface area contributed by atoms with Crippen molar-refractivity contribution in [3.63, 3.8) is 0 Å². The fourth-order valence-electron chi connectivity index (χ4n) is 2.77. The molecule has 0 aromatic heterocycles. The van der Waals surface area contributed by atoms with E-state index in [4.69, 9.17) is 14.2 Å². The van der Waals surface area contributed by atoms with Crippen molar-refractivity contribution in [2.24, 2.45) is 0 Å². The minimum atomic E-state index is -0.468. The molecule has 6 heteroatoms. The highest BCUT2D eigenvalue weighted by Gasteiger charge is 2.33. The molecule has 0 saturated carbocycles. The zero-order valence-electron chi connectivity index (χ0n) is 14.4. The van der Waals surface area contributed by atoms with Crippen LogP contribution in [-0.4, -0.2) is 36.4 Å². The molecule has 2 unspecified atom stereocenters. The quantitative estimate of drug-likeness (QED) is 0.838. The third kappa shape index (κ3) is 5.53. The second-order valence-corrected chi connectivity index (χ2v) is 6.10. The standard InChI is InChI=1S/C18H25NO5/c1-12(16-9-10-17(13(2)23-16)24-14(3)20)19-18(21)22-11-15-7-5-4-6-8-15/h4-8,12-13,16-17H,9-11H2,1-3H3,(H,19,21)/t12-,13?,16+,17?/m1/s1. The molecule has 132 valence electrons. The van der Waals surface area contributed by atoms with E-state index in [-0.39, 0.29) is 36.9 Å². The van der Waals surface area contributed by atoms with Gasteiger partial charge in [0.1, 0.15) is 12.7 Å². The molecular weight excluding hydrogens is 310 g/mol. The first kappa shape index (κ1) is 18.3. The second-order valence-electron chi connectivity index (χ2n) is 6.10. The molecule has 1 aromatic carbocycles. The molecule has 1 saturated heterocycles. The Morgan fingerprint density at radius 1 is 1.29 bits per heavy atom. The summed E-state index contributed by atoms with van der Waals surface area (Å²) in [6.45, 7) is 5.38. The van der Waals surface area contributed by atoms with E-state index in [0.717, 1.165) is 12.0 Å². The molecule has 1 aliphatic rings. The number of esters is 1. The lowest BCUT2D eigenvalue weighted by molar-refractivity contribution is -0.168. The summed E-state index contributed by atoms with van der Waals surface area (Å²) in [7, 11) is 0. The first-order valence-corrected chi connectivity index (χ1v) is 8.25. The van der Waals surface area contributed by atoms with Crippen molar-refractivity contribution >= 4 is 12.1 Å². The number of hydrogen-bond donors (Lipinski definition) is 1. The average molecular weight is 335 g/mol. The van der Waals surface area contributed by atoms with Crippen LogP contribution in [-0.2, 0) is 25.6 Å². The first-order chi connectivity index (χ1) is 11.5. The maximum atomic E-state index is 11.9. The van der Waals surface area contributed by atoms with Gasteiger partial charge in [-0.3, -0.25) is 4.79 Å². The van der Waals surface area contributed by atoms with Crippen molar-refractivity contribution in [1.82, 2.24) is 5.32 Å². The molecule has 0 radical (unpaired) electrons. The van der Waals surface area contributed by atoms with Crippen molar-refractivity contribution < 1.29 is 23.8 Å². The van der Waals surface area contributed by atoms with Gasteiger partial charge in [0.15, 0.2) is 0 Å². The van der Waals surface area contributed by atoms with E-state index in [1.54, 1.807) is 0 Å². The molecule has 1 aliphatic heterocycles. The Bertz CT molecular complexity index is 548. The second kappa shape index (κ2) is 8.68. The van der Waals surface area contributed by atoms with E-state index in [0.29, 0.717) is 6.42 Å². The van der Waals surface area contributed by atoms with Gasteiger partial charge in [0.25, 0.3) is 0 Å². The van der Waals surface area contributed by atoms with Gasteiger partial charge >= 0.3 is 12.1 Å². The highest BCUT2D eigenvalue weighted by molar-refractivity contribution is 5.67. The molecule has 6 nitrogen and oxygen atoms in total. The minimum absolute atomic E-state index is 0.129. The lowest BCUT2D eigenvalue weighted by Gasteiger charge is -2.36. The van der Waals surface area contributed by atoms with Crippen LogP contribution >= 0.6 is 0 Å². The number of hydrogen-bond acceptors (Lipinski definition) is 5. The fraction of sp³-hybridized carbons (Fsp3) is 0.556. The smallest absolute Gasteiger partial charge is 0.407 e. The van der Waals surface area contributed by atoms with Crippen LogP contribution in [0.25, 0.3) is 0 Å². The van der Waals surface area contributed by atoms with Gasteiger partial charge in [-0.1, -0.05) is 30.3 Å². The van der Waals surface area contributed by atoms with Crippen molar-refractivity contribution in [1.29, 1.82) is 0 Å². The van der Waals surface area contributed by atoms with E-state index >= 15 is 0 Å². The molecule has 24 heavy (non-hydrogen) atoms. The van der Waals surface area contributed by atoms with Gasteiger partial charge in [-0.2, -0.15) is 0 Å². The van der Waals surface area contributed by atoms with Crippen LogP contribution in [0.4, 0.5) is 4.79 Å². The van der Waals surface area contributed by atoms with Crippen LogP contribution in [0.1, 0.15) is 39.2 Å². The van der Waals surface area contributed by atoms with Crippen molar-refractivity contribution in [2.45, 2.75) is 64.6 Å². The molecule has 2 rings (SSSR count). The van der Waals surface area contributed by atoms with Crippen molar-refractivity contribution in [3.05, 3.63) is 35.9 Å². The van der Waals surface area contributed by atoms with E-state index in [1.807, 2.05) is 44.2 Å². The Balaban J connectivity index is 1.75. The molecule has 1 heterocycles. The van der Waals surface area contributed by atoms with Crippen LogP contribution in [0.15, 0.2) is 30.3 Å². The molecule has 1 N–H and O–H groups in total. The Morgan fingerprint density at radius 2 is 2.00 bits per heavy atom. The molecule has 0 spiro atoms. The number of nitrogens with one attached hydrogen (secondary N) is 1. The summed E-state index contributed by atoms with van der Waals surface area (Å²) < 4.78 is 16.3. The predicted octanol–water partition coefficient (Wildman–Crippen LogP) is 2.80. The third-order valence-electron chi connectivity index (χ3n) is 4.08. The van der Waals surface area contributed by atoms with Crippen molar-refractivity contribution in [3.8, 4) is 0 Å². The maximum Gasteiger partial charge on any atom is 0.407 e. The van der Waals surface area contributed by atoms with E-state index in [2.05, 4.69) is 5.32 Å². The minimum Gasteiger partial charge on any atom is -0.460 e. The Labute approximate surface area is 142 Å². The summed E-state index contributed by atoms with van der Waals surface area (Å²) >= 11 is 0. The summed E-state index contributed by atoms with van der Waals surface area (Å²) in [6, 6.07) is 9.33. The van der Waals surface area contributed by atoms with E-state index in [9.17, 15) is 9.59 Å². The topological polar surface area (TPSA) is 73.9 Å². The molecule has 0 bridgehead atoms. The van der Waals surface area contributed by atoms with Crippen LogP contribution in [0.3, 0.4) is 0 Å². The number of alkyl carbamates (subject to hydrolysis) is 1. The average Bonchev–Trinajstić information content (AvgIpc) is 2.55. The zero-order valence-corrected chi connectivity index (χ0v) is 14.4. The molecule has 0 aliphatic carbocycles. The van der Waals surface area contributed by atoms with Gasteiger partial charge in [-0.15, -0.1) is 0 Å². The Kier molecular flexibility index (Phi) is 6.61. The number of rotatable bonds is 5. The Hall–Kier alpha value is -2.08. The van der Waals surface area contributed by atoms with Crippen LogP contribution in [0.2, 0.25) is 0 Å². The predicted molar refractivity (Wildman–Crippen MR) is 88.3 cm³/mol. The summed E-state index contributed by atoms with van der Waals surface area (Å²) in [5.41, 5.74) is 0.937. The number of ether oxygens (including phenoxy) is 3. The van der Waals surface area contributed by atoms with Gasteiger partial charge in [0.05, 0.1) is 18.2 Å². The summed E-state index contributed by atoms with van der Waals surface area (Å²) in [5.74, 6) is -0.301. The summed E-state index contributed by atoms with van der Waals surface area (Å²) in [4.78, 5) is 23.0. The van der Waals surface area contributed by atoms with Gasteiger partial charge in [0, 0.05) is 6.92 Å². The van der Waals surface area contributed by atoms with Crippen LogP contribution < -0.4 is 5.32 Å². The highest BCUT2D eigenvalue weighted by atomic mass is 16.6. The van der Waals surface area contributed by atoms with Gasteiger partial charge < -0.3 is 19.5 Å². The fourth-order valence-corrected chi connectivity index (χ4v) is 2.77.